The van der Waals surface area contributed by atoms with Gasteiger partial charge in [0.05, 0.1) is 18.7 Å². The lowest BCUT2D eigenvalue weighted by Gasteiger charge is -2.13. The van der Waals surface area contributed by atoms with Gasteiger partial charge < -0.3 is 4.74 Å². The van der Waals surface area contributed by atoms with Crippen molar-refractivity contribution in [2.45, 2.75) is 39.2 Å². The molecule has 3 rings (SSSR count). The van der Waals surface area contributed by atoms with E-state index in [1.165, 1.54) is 16.5 Å². The number of rotatable bonds is 6. The van der Waals surface area contributed by atoms with Crippen molar-refractivity contribution in [3.05, 3.63) is 71.7 Å². The number of aromatic nitrogens is 2. The molecule has 3 heteroatoms. The van der Waals surface area contributed by atoms with Gasteiger partial charge in [-0.2, -0.15) is 0 Å². The van der Waals surface area contributed by atoms with Crippen LogP contribution in [-0.4, -0.2) is 16.6 Å². The molecular weight excluding hydrogens is 296 g/mol. The predicted octanol–water partition coefficient (Wildman–Crippen LogP) is 5.07. The van der Waals surface area contributed by atoms with Crippen LogP contribution in [0.2, 0.25) is 0 Å². The zero-order valence-corrected chi connectivity index (χ0v) is 14.6. The van der Waals surface area contributed by atoms with E-state index in [1.807, 2.05) is 36.8 Å². The van der Waals surface area contributed by atoms with Crippen LogP contribution >= 0.6 is 0 Å². The molecule has 0 saturated carbocycles. The van der Waals surface area contributed by atoms with Crippen LogP contribution in [-0.2, 0) is 11.3 Å². The fourth-order valence-corrected chi connectivity index (χ4v) is 2.71. The summed E-state index contributed by atoms with van der Waals surface area (Å²) in [5.41, 5.74) is 4.63. The minimum Gasteiger partial charge on any atom is -0.376 e. The summed E-state index contributed by atoms with van der Waals surface area (Å²) in [6, 6.07) is 12.6. The number of pyridine rings is 2. The normalized spacial score (nSPS) is 12.7. The minimum atomic E-state index is 0.309. The highest BCUT2D eigenvalue weighted by molar-refractivity contribution is 5.78. The van der Waals surface area contributed by atoms with Gasteiger partial charge in [0.1, 0.15) is 0 Å². The first-order valence-corrected chi connectivity index (χ1v) is 8.49. The van der Waals surface area contributed by atoms with Crippen LogP contribution in [0.15, 0.2) is 55.0 Å². The Labute approximate surface area is 143 Å². The molecule has 3 nitrogen and oxygen atoms in total. The first-order chi connectivity index (χ1) is 11.6. The molecule has 0 spiro atoms. The summed E-state index contributed by atoms with van der Waals surface area (Å²) in [7, 11) is 0. The molecule has 1 aromatic carbocycles. The number of ether oxygens (including phenoxy) is 1. The molecule has 0 amide bonds. The Morgan fingerprint density at radius 1 is 0.958 bits per heavy atom. The van der Waals surface area contributed by atoms with Gasteiger partial charge in [0.2, 0.25) is 0 Å². The molecule has 2 heterocycles. The van der Waals surface area contributed by atoms with Crippen LogP contribution < -0.4 is 0 Å². The third-order valence-corrected chi connectivity index (χ3v) is 4.30. The zero-order chi connectivity index (χ0) is 16.9. The van der Waals surface area contributed by atoms with Crippen molar-refractivity contribution in [2.75, 3.05) is 6.61 Å². The van der Waals surface area contributed by atoms with Crippen molar-refractivity contribution >= 4 is 10.9 Å². The average Bonchev–Trinajstić information content (AvgIpc) is 2.61. The molecule has 0 bridgehead atoms. The van der Waals surface area contributed by atoms with Gasteiger partial charge in [-0.1, -0.05) is 45.0 Å². The van der Waals surface area contributed by atoms with Crippen molar-refractivity contribution in [2.24, 2.45) is 0 Å². The fraction of sp³-hybridized carbons (Fsp3) is 0.333. The van der Waals surface area contributed by atoms with E-state index >= 15 is 0 Å². The lowest BCUT2D eigenvalue weighted by Crippen LogP contribution is -2.05. The molecule has 1 atom stereocenters. The Hall–Kier alpha value is -2.26. The molecule has 24 heavy (non-hydrogen) atoms. The van der Waals surface area contributed by atoms with E-state index < -0.39 is 0 Å². The second kappa shape index (κ2) is 7.54. The summed E-state index contributed by atoms with van der Waals surface area (Å²) in [5.74, 6) is 0.795. The van der Waals surface area contributed by atoms with Crippen molar-refractivity contribution in [3.8, 4) is 0 Å². The average molecular weight is 320 g/mol. The van der Waals surface area contributed by atoms with E-state index in [4.69, 9.17) is 4.74 Å². The number of nitrogens with zero attached hydrogens (tertiary/aromatic N) is 2. The summed E-state index contributed by atoms with van der Waals surface area (Å²) in [4.78, 5) is 8.84. The van der Waals surface area contributed by atoms with E-state index in [1.54, 1.807) is 0 Å². The number of para-hydroxylation sites is 1. The quantitative estimate of drug-likeness (QED) is 0.636. The summed E-state index contributed by atoms with van der Waals surface area (Å²) >= 11 is 0. The first-order valence-electron chi connectivity index (χ1n) is 8.49. The molecule has 0 fully saturated rings. The maximum absolute atomic E-state index is 5.91. The van der Waals surface area contributed by atoms with E-state index in [2.05, 4.69) is 48.9 Å². The standard InChI is InChI=1S/C21H24N2O/c1-15(2)19-8-17(10-22-11-19)14-24-13-16(3)20-9-18-6-4-5-7-21(18)23-12-20/h4-12,15-16H,13-14H2,1-3H3/t16-/m0/s1. The van der Waals surface area contributed by atoms with Crippen molar-refractivity contribution < 1.29 is 4.74 Å². The van der Waals surface area contributed by atoms with Crippen LogP contribution in [0.4, 0.5) is 0 Å². The SMILES string of the molecule is CC(C)c1cncc(COC[C@H](C)c2cnc3ccccc3c2)c1. The smallest absolute Gasteiger partial charge is 0.0732 e. The molecule has 0 radical (unpaired) electrons. The Kier molecular flexibility index (Phi) is 5.21. The van der Waals surface area contributed by atoms with E-state index in [9.17, 15) is 0 Å². The van der Waals surface area contributed by atoms with Gasteiger partial charge in [0, 0.05) is 29.9 Å². The molecule has 3 aromatic rings. The van der Waals surface area contributed by atoms with Crippen LogP contribution in [0, 0.1) is 0 Å². The Balaban J connectivity index is 1.60. The van der Waals surface area contributed by atoms with Crippen molar-refractivity contribution in [1.82, 2.24) is 9.97 Å². The number of benzene rings is 1. The predicted molar refractivity (Wildman–Crippen MR) is 98.1 cm³/mol. The largest absolute Gasteiger partial charge is 0.376 e. The van der Waals surface area contributed by atoms with Gasteiger partial charge >= 0.3 is 0 Å². The minimum absolute atomic E-state index is 0.309. The maximum Gasteiger partial charge on any atom is 0.0732 e. The van der Waals surface area contributed by atoms with Gasteiger partial charge in [-0.15, -0.1) is 0 Å². The second-order valence-electron chi connectivity index (χ2n) is 6.66. The van der Waals surface area contributed by atoms with Crippen molar-refractivity contribution in [1.29, 1.82) is 0 Å². The molecule has 0 aliphatic rings. The van der Waals surface area contributed by atoms with E-state index in [0.29, 0.717) is 25.0 Å². The number of fused-ring (bicyclic) bond motifs is 1. The highest BCUT2D eigenvalue weighted by Crippen LogP contribution is 2.20. The van der Waals surface area contributed by atoms with Gasteiger partial charge in [0.15, 0.2) is 0 Å². The van der Waals surface area contributed by atoms with Gasteiger partial charge in [-0.05, 0) is 34.7 Å². The number of hydrogen-bond donors (Lipinski definition) is 0. The lowest BCUT2D eigenvalue weighted by molar-refractivity contribution is 0.110. The highest BCUT2D eigenvalue weighted by atomic mass is 16.5. The van der Waals surface area contributed by atoms with Crippen LogP contribution in [0.1, 0.15) is 49.3 Å². The fourth-order valence-electron chi connectivity index (χ4n) is 2.71. The van der Waals surface area contributed by atoms with Gasteiger partial charge in [0.25, 0.3) is 0 Å². The molecule has 124 valence electrons. The van der Waals surface area contributed by atoms with E-state index in [-0.39, 0.29) is 0 Å². The molecule has 0 aliphatic heterocycles. The first kappa shape index (κ1) is 16.6. The molecular formula is C21H24N2O. The highest BCUT2D eigenvalue weighted by Gasteiger charge is 2.08. The summed E-state index contributed by atoms with van der Waals surface area (Å²) in [5, 5.41) is 1.18. The summed E-state index contributed by atoms with van der Waals surface area (Å²) in [6.07, 6.45) is 5.77. The van der Waals surface area contributed by atoms with Gasteiger partial charge in [-0.25, -0.2) is 0 Å². The Morgan fingerprint density at radius 2 is 1.79 bits per heavy atom. The zero-order valence-electron chi connectivity index (χ0n) is 14.6. The third-order valence-electron chi connectivity index (χ3n) is 4.30. The molecule has 2 aromatic heterocycles. The van der Waals surface area contributed by atoms with E-state index in [0.717, 1.165) is 11.1 Å². The number of hydrogen-bond acceptors (Lipinski definition) is 3. The monoisotopic (exact) mass is 320 g/mol. The maximum atomic E-state index is 5.91. The van der Waals surface area contributed by atoms with Crippen molar-refractivity contribution in [3.63, 3.8) is 0 Å². The van der Waals surface area contributed by atoms with Gasteiger partial charge in [-0.3, -0.25) is 9.97 Å². The molecule has 0 aliphatic carbocycles. The topological polar surface area (TPSA) is 35.0 Å². The van der Waals surface area contributed by atoms with Crippen LogP contribution in [0.25, 0.3) is 10.9 Å². The molecule has 0 saturated heterocycles. The van der Waals surface area contributed by atoms with Crippen LogP contribution in [0.3, 0.4) is 0 Å². The second-order valence-corrected chi connectivity index (χ2v) is 6.66. The Bertz CT molecular complexity index is 814. The lowest BCUT2D eigenvalue weighted by atomic mass is 10.0. The summed E-state index contributed by atoms with van der Waals surface area (Å²) < 4.78 is 5.91. The molecule has 0 N–H and O–H groups in total. The molecule has 0 unspecified atom stereocenters. The Morgan fingerprint density at radius 3 is 2.62 bits per heavy atom. The van der Waals surface area contributed by atoms with Crippen LogP contribution in [0.5, 0.6) is 0 Å². The third kappa shape index (κ3) is 3.98. The summed E-state index contributed by atoms with van der Waals surface area (Å²) in [6.45, 7) is 7.80.